The Morgan fingerprint density at radius 2 is 1.59 bits per heavy atom. The van der Waals surface area contributed by atoms with E-state index in [1.807, 2.05) is 0 Å². The summed E-state index contributed by atoms with van der Waals surface area (Å²) >= 11 is 5.88. The van der Waals surface area contributed by atoms with Gasteiger partial charge in [0.05, 0.1) is 20.2 Å². The van der Waals surface area contributed by atoms with Gasteiger partial charge in [-0.3, -0.25) is 14.4 Å². The number of nitrogens with one attached hydrogen (secondary N) is 2. The Kier molecular flexibility index (Phi) is 9.58. The molecule has 2 aromatic carbocycles. The third kappa shape index (κ3) is 7.95. The zero-order valence-corrected chi connectivity index (χ0v) is 20.0. The van der Waals surface area contributed by atoms with E-state index in [1.54, 1.807) is 60.5 Å². The topological polar surface area (TPSA) is 97.0 Å². The van der Waals surface area contributed by atoms with Gasteiger partial charge in [-0.25, -0.2) is 0 Å². The average Bonchev–Trinajstić information content (AvgIpc) is 2.86. The van der Waals surface area contributed by atoms with Crippen molar-refractivity contribution in [2.24, 2.45) is 0 Å². The van der Waals surface area contributed by atoms with E-state index in [-0.39, 0.29) is 37.6 Å². The molecule has 0 bridgehead atoms. The van der Waals surface area contributed by atoms with E-state index in [9.17, 15) is 14.4 Å². The van der Waals surface area contributed by atoms with E-state index in [0.717, 1.165) is 32.1 Å². The lowest BCUT2D eigenvalue weighted by Crippen LogP contribution is -2.49. The van der Waals surface area contributed by atoms with Gasteiger partial charge < -0.3 is 25.0 Å². The molecule has 3 amide bonds. The van der Waals surface area contributed by atoms with E-state index in [1.165, 1.54) is 0 Å². The van der Waals surface area contributed by atoms with Crippen molar-refractivity contribution in [2.75, 3.05) is 32.1 Å². The maximum absolute atomic E-state index is 13.0. The summed E-state index contributed by atoms with van der Waals surface area (Å²) in [5.74, 6) is 0.190. The quantitative estimate of drug-likeness (QED) is 0.533. The van der Waals surface area contributed by atoms with Gasteiger partial charge >= 0.3 is 0 Å². The van der Waals surface area contributed by atoms with Crippen LogP contribution in [0.1, 0.15) is 32.1 Å². The van der Waals surface area contributed by atoms with Crippen LogP contribution < -0.4 is 20.1 Å². The molecule has 0 spiro atoms. The standard InChI is InChI=1S/C25H30ClN3O5/c1-33-21-13-9-19(10-14-21)28-23(30)15-27-24(31)16-29(20-5-3-2-4-6-20)25(32)17-34-22-11-7-18(26)8-12-22/h7-14,20H,2-6,15-17H2,1H3,(H,27,31)(H,28,30). The third-order valence-electron chi connectivity index (χ3n) is 5.65. The number of ether oxygens (including phenoxy) is 2. The fourth-order valence-electron chi connectivity index (χ4n) is 3.84. The molecule has 1 aliphatic rings. The Balaban J connectivity index is 1.52. The minimum absolute atomic E-state index is 0.0195. The van der Waals surface area contributed by atoms with Crippen LogP contribution in [0.5, 0.6) is 11.5 Å². The van der Waals surface area contributed by atoms with Gasteiger partial charge in [0, 0.05) is 16.8 Å². The van der Waals surface area contributed by atoms with Gasteiger partial charge in [0.25, 0.3) is 5.91 Å². The second-order valence-corrected chi connectivity index (χ2v) is 8.55. The van der Waals surface area contributed by atoms with Crippen LogP contribution >= 0.6 is 11.6 Å². The predicted octanol–water partition coefficient (Wildman–Crippen LogP) is 3.64. The summed E-state index contributed by atoms with van der Waals surface area (Å²) in [6, 6.07) is 13.6. The Bertz CT molecular complexity index is 960. The predicted molar refractivity (Wildman–Crippen MR) is 130 cm³/mol. The Morgan fingerprint density at radius 3 is 2.24 bits per heavy atom. The van der Waals surface area contributed by atoms with Crippen molar-refractivity contribution in [3.05, 3.63) is 53.6 Å². The molecule has 0 radical (unpaired) electrons. The number of halogens is 1. The van der Waals surface area contributed by atoms with Crippen LogP contribution in [0.3, 0.4) is 0 Å². The van der Waals surface area contributed by atoms with Crippen LogP contribution in [0.25, 0.3) is 0 Å². The number of amides is 3. The summed E-state index contributed by atoms with van der Waals surface area (Å²) < 4.78 is 10.7. The molecule has 0 atom stereocenters. The smallest absolute Gasteiger partial charge is 0.261 e. The molecule has 8 nitrogen and oxygen atoms in total. The SMILES string of the molecule is COc1ccc(NC(=O)CNC(=O)CN(C(=O)COc2ccc(Cl)cc2)C2CCCCC2)cc1. The maximum Gasteiger partial charge on any atom is 0.261 e. The fraction of sp³-hybridized carbons (Fsp3) is 0.400. The number of methoxy groups -OCH3 is 1. The molecular weight excluding hydrogens is 458 g/mol. The molecule has 9 heteroatoms. The Morgan fingerprint density at radius 1 is 0.941 bits per heavy atom. The highest BCUT2D eigenvalue weighted by atomic mass is 35.5. The zero-order chi connectivity index (χ0) is 24.3. The first-order chi connectivity index (χ1) is 16.4. The fourth-order valence-corrected chi connectivity index (χ4v) is 3.97. The van der Waals surface area contributed by atoms with Gasteiger partial charge in [0.1, 0.15) is 11.5 Å². The van der Waals surface area contributed by atoms with Gasteiger partial charge in [0.2, 0.25) is 11.8 Å². The summed E-state index contributed by atoms with van der Waals surface area (Å²) in [6.45, 7) is -0.495. The van der Waals surface area contributed by atoms with Crippen molar-refractivity contribution in [3.63, 3.8) is 0 Å². The highest BCUT2D eigenvalue weighted by Crippen LogP contribution is 2.23. The molecule has 2 N–H and O–H groups in total. The van der Waals surface area contributed by atoms with Crippen LogP contribution in [0.2, 0.25) is 5.02 Å². The number of hydrogen-bond acceptors (Lipinski definition) is 5. The lowest BCUT2D eigenvalue weighted by molar-refractivity contribution is -0.140. The molecule has 34 heavy (non-hydrogen) atoms. The number of nitrogens with zero attached hydrogens (tertiary/aromatic N) is 1. The van der Waals surface area contributed by atoms with Crippen molar-refractivity contribution < 1.29 is 23.9 Å². The minimum atomic E-state index is -0.393. The van der Waals surface area contributed by atoms with Crippen molar-refractivity contribution in [3.8, 4) is 11.5 Å². The highest BCUT2D eigenvalue weighted by molar-refractivity contribution is 6.30. The number of carbonyl (C=O) groups excluding carboxylic acids is 3. The normalized spacial score (nSPS) is 13.6. The highest BCUT2D eigenvalue weighted by Gasteiger charge is 2.27. The summed E-state index contributed by atoms with van der Waals surface area (Å²) in [7, 11) is 1.56. The molecular formula is C25H30ClN3O5. The van der Waals surface area contributed by atoms with Crippen LogP contribution in [0.15, 0.2) is 48.5 Å². The summed E-state index contributed by atoms with van der Waals surface area (Å²) in [6.07, 6.45) is 4.84. The van der Waals surface area contributed by atoms with Gasteiger partial charge in [-0.2, -0.15) is 0 Å². The molecule has 0 unspecified atom stereocenters. The van der Waals surface area contributed by atoms with Crippen molar-refractivity contribution in [1.29, 1.82) is 0 Å². The lowest BCUT2D eigenvalue weighted by atomic mass is 9.94. The first-order valence-electron chi connectivity index (χ1n) is 11.3. The minimum Gasteiger partial charge on any atom is -0.497 e. The molecule has 3 rings (SSSR count). The molecule has 0 saturated heterocycles. The van der Waals surface area contributed by atoms with Crippen molar-refractivity contribution in [1.82, 2.24) is 10.2 Å². The number of hydrogen-bond donors (Lipinski definition) is 2. The Labute approximate surface area is 204 Å². The number of carbonyl (C=O) groups is 3. The second kappa shape index (κ2) is 12.8. The van der Waals surface area contributed by atoms with Crippen LogP contribution in [0, 0.1) is 0 Å². The van der Waals surface area contributed by atoms with Gasteiger partial charge in [-0.15, -0.1) is 0 Å². The van der Waals surface area contributed by atoms with E-state index in [4.69, 9.17) is 21.1 Å². The molecule has 0 aliphatic heterocycles. The van der Waals surface area contributed by atoms with E-state index >= 15 is 0 Å². The summed E-state index contributed by atoms with van der Waals surface area (Å²) in [5, 5.41) is 5.89. The first kappa shape index (κ1) is 25.4. The largest absolute Gasteiger partial charge is 0.497 e. The van der Waals surface area contributed by atoms with E-state index in [2.05, 4.69) is 10.6 Å². The third-order valence-corrected chi connectivity index (χ3v) is 5.90. The zero-order valence-electron chi connectivity index (χ0n) is 19.2. The van der Waals surface area contributed by atoms with Crippen LogP contribution in [-0.2, 0) is 14.4 Å². The average molecular weight is 488 g/mol. The van der Waals surface area contributed by atoms with Gasteiger partial charge in [-0.05, 0) is 61.4 Å². The molecule has 1 aliphatic carbocycles. The molecule has 182 valence electrons. The Hall–Kier alpha value is -3.26. The van der Waals surface area contributed by atoms with E-state index in [0.29, 0.717) is 22.2 Å². The van der Waals surface area contributed by atoms with Gasteiger partial charge in [-0.1, -0.05) is 30.9 Å². The number of rotatable bonds is 10. The van der Waals surface area contributed by atoms with Gasteiger partial charge in [0.15, 0.2) is 6.61 Å². The molecule has 0 heterocycles. The summed E-state index contributed by atoms with van der Waals surface area (Å²) in [4.78, 5) is 39.3. The van der Waals surface area contributed by atoms with Crippen LogP contribution in [-0.4, -0.2) is 55.5 Å². The maximum atomic E-state index is 13.0. The van der Waals surface area contributed by atoms with E-state index < -0.39 is 5.91 Å². The molecule has 1 saturated carbocycles. The van der Waals surface area contributed by atoms with Crippen molar-refractivity contribution >= 4 is 35.0 Å². The second-order valence-electron chi connectivity index (χ2n) is 8.11. The first-order valence-corrected chi connectivity index (χ1v) is 11.7. The monoisotopic (exact) mass is 487 g/mol. The summed E-state index contributed by atoms with van der Waals surface area (Å²) in [5.41, 5.74) is 0.596. The molecule has 0 aromatic heterocycles. The number of anilines is 1. The number of benzene rings is 2. The molecule has 1 fully saturated rings. The van der Waals surface area contributed by atoms with Crippen molar-refractivity contribution in [2.45, 2.75) is 38.1 Å². The lowest BCUT2D eigenvalue weighted by Gasteiger charge is -2.33. The molecule has 2 aromatic rings. The van der Waals surface area contributed by atoms with Crippen LogP contribution in [0.4, 0.5) is 5.69 Å².